The van der Waals surface area contributed by atoms with E-state index in [-0.39, 0.29) is 12.6 Å². The summed E-state index contributed by atoms with van der Waals surface area (Å²) < 4.78 is 0. The third-order valence-electron chi connectivity index (χ3n) is 3.18. The average Bonchev–Trinajstić information content (AvgIpc) is 2.42. The molecule has 2 N–H and O–H groups in total. The molecule has 0 aliphatic heterocycles. The second kappa shape index (κ2) is 6.34. The number of rotatable bonds is 5. The maximum absolute atomic E-state index is 9.46. The quantitative estimate of drug-likeness (QED) is 0.843. The summed E-state index contributed by atoms with van der Waals surface area (Å²) in [6, 6.07) is 18.3. The largest absolute Gasteiger partial charge is 0.394 e. The van der Waals surface area contributed by atoms with Crippen LogP contribution in [0.1, 0.15) is 22.7 Å². The van der Waals surface area contributed by atoms with Crippen molar-refractivity contribution < 1.29 is 5.11 Å². The van der Waals surface area contributed by atoms with Gasteiger partial charge in [0, 0.05) is 6.54 Å². The van der Waals surface area contributed by atoms with Crippen LogP contribution in [0.4, 0.5) is 0 Å². The first-order valence-corrected chi connectivity index (χ1v) is 6.25. The van der Waals surface area contributed by atoms with E-state index >= 15 is 0 Å². The first-order chi connectivity index (χ1) is 8.81. The van der Waals surface area contributed by atoms with Gasteiger partial charge < -0.3 is 10.4 Å². The van der Waals surface area contributed by atoms with Gasteiger partial charge in [-0.25, -0.2) is 0 Å². The predicted molar refractivity (Wildman–Crippen MR) is 74.3 cm³/mol. The zero-order valence-corrected chi connectivity index (χ0v) is 10.6. The molecule has 0 saturated heterocycles. The van der Waals surface area contributed by atoms with E-state index in [9.17, 15) is 5.11 Å². The normalized spacial score (nSPS) is 12.3. The minimum atomic E-state index is -0.00851. The summed E-state index contributed by atoms with van der Waals surface area (Å²) in [6.45, 7) is 2.98. The topological polar surface area (TPSA) is 32.3 Å². The Morgan fingerprint density at radius 3 is 2.33 bits per heavy atom. The van der Waals surface area contributed by atoms with Crippen molar-refractivity contribution in [1.82, 2.24) is 5.32 Å². The summed E-state index contributed by atoms with van der Waals surface area (Å²) in [5.41, 5.74) is 3.66. The van der Waals surface area contributed by atoms with Crippen LogP contribution in [0.3, 0.4) is 0 Å². The Morgan fingerprint density at radius 1 is 1.00 bits per heavy atom. The second-order valence-corrected chi connectivity index (χ2v) is 4.45. The van der Waals surface area contributed by atoms with Gasteiger partial charge >= 0.3 is 0 Å². The van der Waals surface area contributed by atoms with Crippen molar-refractivity contribution in [1.29, 1.82) is 0 Å². The lowest BCUT2D eigenvalue weighted by atomic mass is 10.1. The number of benzene rings is 2. The van der Waals surface area contributed by atoms with E-state index in [2.05, 4.69) is 24.4 Å². The third kappa shape index (κ3) is 3.19. The van der Waals surface area contributed by atoms with Crippen molar-refractivity contribution in [3.05, 3.63) is 71.3 Å². The molecule has 18 heavy (non-hydrogen) atoms. The summed E-state index contributed by atoms with van der Waals surface area (Å²) >= 11 is 0. The molecule has 94 valence electrons. The van der Waals surface area contributed by atoms with E-state index in [0.29, 0.717) is 0 Å². The lowest BCUT2D eigenvalue weighted by Crippen LogP contribution is -2.24. The van der Waals surface area contributed by atoms with Crippen LogP contribution in [0.5, 0.6) is 0 Å². The SMILES string of the molecule is Cc1ccccc1CN[C@H](CO)c1ccccc1. The summed E-state index contributed by atoms with van der Waals surface area (Å²) in [5.74, 6) is 0. The minimum absolute atomic E-state index is 0.00851. The molecule has 0 aliphatic carbocycles. The van der Waals surface area contributed by atoms with E-state index in [1.807, 2.05) is 42.5 Å². The van der Waals surface area contributed by atoms with Gasteiger partial charge in [0.25, 0.3) is 0 Å². The van der Waals surface area contributed by atoms with Gasteiger partial charge in [-0.3, -0.25) is 0 Å². The Labute approximate surface area is 108 Å². The Balaban J connectivity index is 2.02. The fraction of sp³-hybridized carbons (Fsp3) is 0.250. The van der Waals surface area contributed by atoms with Crippen molar-refractivity contribution in [2.45, 2.75) is 19.5 Å². The van der Waals surface area contributed by atoms with Crippen molar-refractivity contribution in [3.63, 3.8) is 0 Å². The highest BCUT2D eigenvalue weighted by atomic mass is 16.3. The molecule has 0 amide bonds. The Bertz CT molecular complexity index is 481. The molecule has 2 aromatic rings. The van der Waals surface area contributed by atoms with Crippen LogP contribution < -0.4 is 5.32 Å². The summed E-state index contributed by atoms with van der Waals surface area (Å²) in [7, 11) is 0. The number of aryl methyl sites for hydroxylation is 1. The van der Waals surface area contributed by atoms with Crippen molar-refractivity contribution in [3.8, 4) is 0 Å². The average molecular weight is 241 g/mol. The molecule has 0 fully saturated rings. The summed E-state index contributed by atoms with van der Waals surface area (Å²) in [4.78, 5) is 0. The highest BCUT2D eigenvalue weighted by Crippen LogP contribution is 2.14. The van der Waals surface area contributed by atoms with Gasteiger partial charge in [-0.15, -0.1) is 0 Å². The number of hydrogen-bond acceptors (Lipinski definition) is 2. The molecule has 0 heterocycles. The van der Waals surface area contributed by atoms with Crippen molar-refractivity contribution in [2.24, 2.45) is 0 Å². The zero-order valence-electron chi connectivity index (χ0n) is 10.6. The minimum Gasteiger partial charge on any atom is -0.394 e. The number of aliphatic hydroxyl groups excluding tert-OH is 1. The molecular weight excluding hydrogens is 222 g/mol. The molecule has 1 atom stereocenters. The van der Waals surface area contributed by atoms with Gasteiger partial charge in [0.15, 0.2) is 0 Å². The highest BCUT2D eigenvalue weighted by Gasteiger charge is 2.09. The standard InChI is InChI=1S/C16H19NO/c1-13-7-5-6-10-15(13)11-17-16(12-18)14-8-3-2-4-9-14/h2-10,16-18H,11-12H2,1H3/t16-/m1/s1. The van der Waals surface area contributed by atoms with E-state index in [4.69, 9.17) is 0 Å². The van der Waals surface area contributed by atoms with Gasteiger partial charge in [-0.2, -0.15) is 0 Å². The monoisotopic (exact) mass is 241 g/mol. The molecule has 2 aromatic carbocycles. The van der Waals surface area contributed by atoms with Crippen molar-refractivity contribution >= 4 is 0 Å². The van der Waals surface area contributed by atoms with Crippen LogP contribution in [-0.2, 0) is 6.54 Å². The van der Waals surface area contributed by atoms with Crippen LogP contribution >= 0.6 is 0 Å². The van der Waals surface area contributed by atoms with Crippen LogP contribution in [0, 0.1) is 6.92 Å². The fourth-order valence-electron chi connectivity index (χ4n) is 2.01. The van der Waals surface area contributed by atoms with Crippen LogP contribution in [-0.4, -0.2) is 11.7 Å². The molecule has 0 spiro atoms. The van der Waals surface area contributed by atoms with Gasteiger partial charge in [0.1, 0.15) is 0 Å². The number of nitrogens with one attached hydrogen (secondary N) is 1. The van der Waals surface area contributed by atoms with E-state index in [1.165, 1.54) is 11.1 Å². The smallest absolute Gasteiger partial charge is 0.0626 e. The van der Waals surface area contributed by atoms with Gasteiger partial charge in [0.05, 0.1) is 12.6 Å². The first kappa shape index (κ1) is 12.8. The molecule has 0 unspecified atom stereocenters. The molecule has 0 aliphatic rings. The van der Waals surface area contributed by atoms with Crippen LogP contribution in [0.25, 0.3) is 0 Å². The lowest BCUT2D eigenvalue weighted by molar-refractivity contribution is 0.243. The van der Waals surface area contributed by atoms with Gasteiger partial charge in [-0.05, 0) is 23.6 Å². The van der Waals surface area contributed by atoms with E-state index in [1.54, 1.807) is 0 Å². The fourth-order valence-corrected chi connectivity index (χ4v) is 2.01. The first-order valence-electron chi connectivity index (χ1n) is 6.25. The predicted octanol–water partition coefficient (Wildman–Crippen LogP) is 2.82. The molecule has 2 heteroatoms. The molecular formula is C16H19NO. The maximum Gasteiger partial charge on any atom is 0.0626 e. The highest BCUT2D eigenvalue weighted by molar-refractivity contribution is 5.26. The molecule has 0 saturated carbocycles. The van der Waals surface area contributed by atoms with E-state index in [0.717, 1.165) is 12.1 Å². The van der Waals surface area contributed by atoms with Gasteiger partial charge in [0.2, 0.25) is 0 Å². The van der Waals surface area contributed by atoms with Crippen LogP contribution in [0.15, 0.2) is 54.6 Å². The van der Waals surface area contributed by atoms with Crippen LogP contribution in [0.2, 0.25) is 0 Å². The van der Waals surface area contributed by atoms with Crippen molar-refractivity contribution in [2.75, 3.05) is 6.61 Å². The lowest BCUT2D eigenvalue weighted by Gasteiger charge is -2.17. The number of aliphatic hydroxyl groups is 1. The Hall–Kier alpha value is -1.64. The molecule has 0 radical (unpaired) electrons. The Morgan fingerprint density at radius 2 is 1.67 bits per heavy atom. The van der Waals surface area contributed by atoms with Gasteiger partial charge in [-0.1, -0.05) is 54.6 Å². The summed E-state index contributed by atoms with van der Waals surface area (Å²) in [6.07, 6.45) is 0. The molecule has 0 bridgehead atoms. The second-order valence-electron chi connectivity index (χ2n) is 4.45. The van der Waals surface area contributed by atoms with E-state index < -0.39 is 0 Å². The Kier molecular flexibility index (Phi) is 4.51. The number of hydrogen-bond donors (Lipinski definition) is 2. The maximum atomic E-state index is 9.46. The third-order valence-corrected chi connectivity index (χ3v) is 3.18. The molecule has 2 nitrogen and oxygen atoms in total. The molecule has 0 aromatic heterocycles. The molecule has 2 rings (SSSR count). The zero-order chi connectivity index (χ0) is 12.8. The summed E-state index contributed by atoms with van der Waals surface area (Å²) in [5, 5.41) is 12.9.